The maximum Gasteiger partial charge on any atom is 0.343 e. The molecule has 2 aliphatic rings. The van der Waals surface area contributed by atoms with Gasteiger partial charge in [-0.15, -0.1) is 0 Å². The van der Waals surface area contributed by atoms with Gasteiger partial charge in [-0.05, 0) is 49.8 Å². The van der Waals surface area contributed by atoms with Crippen molar-refractivity contribution in [2.75, 3.05) is 7.11 Å². The number of fused-ring (bicyclic) bond motifs is 1. The number of aliphatic imine (C=N–C) groups is 1. The Balaban J connectivity index is 1.69. The number of nitrogens with one attached hydrogen (secondary N) is 1. The number of benzene rings is 2. The molecule has 0 fully saturated rings. The van der Waals surface area contributed by atoms with Crippen molar-refractivity contribution in [1.82, 2.24) is 4.90 Å². The molecule has 0 atom stereocenters. The Morgan fingerprint density at radius 1 is 1.22 bits per heavy atom. The van der Waals surface area contributed by atoms with E-state index in [1.807, 2.05) is 0 Å². The summed E-state index contributed by atoms with van der Waals surface area (Å²) in [4.78, 5) is 30.1. The number of esters is 1. The Labute approximate surface area is 216 Å². The van der Waals surface area contributed by atoms with E-state index in [2.05, 4.69) is 9.39 Å². The summed E-state index contributed by atoms with van der Waals surface area (Å²) in [6.07, 6.45) is 1.32. The molecule has 186 valence electrons. The molecule has 4 rings (SSSR count). The van der Waals surface area contributed by atoms with Crippen molar-refractivity contribution in [1.29, 1.82) is 5.41 Å². The number of methoxy groups -OCH3 is 1. The maximum atomic E-state index is 12.7. The minimum absolute atomic E-state index is 0.0137. The third-order valence-corrected chi connectivity index (χ3v) is 8.26. The van der Waals surface area contributed by atoms with Crippen LogP contribution in [0.25, 0.3) is 6.08 Å². The molecule has 0 bridgehead atoms. The topological polar surface area (TPSA) is 139 Å². The lowest BCUT2D eigenvalue weighted by molar-refractivity contribution is -0.114. The fraction of sp³-hybridized carbons (Fsp3) is 0.174. The minimum atomic E-state index is -3.85. The highest BCUT2D eigenvalue weighted by atomic mass is 35.5. The van der Waals surface area contributed by atoms with Crippen LogP contribution < -0.4 is 9.47 Å². The molecule has 2 aromatic carbocycles. The van der Waals surface area contributed by atoms with E-state index in [1.165, 1.54) is 39.2 Å². The number of amidine groups is 3. The number of carbonyl (C=O) groups excluding carboxylic acids is 2. The second-order valence-electron chi connectivity index (χ2n) is 7.79. The van der Waals surface area contributed by atoms with E-state index in [1.54, 1.807) is 30.3 Å². The maximum absolute atomic E-state index is 12.7. The summed E-state index contributed by atoms with van der Waals surface area (Å²) in [5, 5.41) is 7.41. The molecule has 0 saturated carbocycles. The second-order valence-corrected chi connectivity index (χ2v) is 11.3. The van der Waals surface area contributed by atoms with Crippen LogP contribution in [-0.2, 0) is 14.6 Å². The summed E-state index contributed by atoms with van der Waals surface area (Å²) in [6, 6.07) is 11.2. The van der Waals surface area contributed by atoms with Crippen LogP contribution in [0.15, 0.2) is 57.4 Å². The molecule has 0 radical (unpaired) electrons. The Hall–Kier alpha value is -3.48. The number of ether oxygens (including phenoxy) is 2. The smallest absolute Gasteiger partial charge is 0.343 e. The highest BCUT2D eigenvalue weighted by Crippen LogP contribution is 2.38. The summed E-state index contributed by atoms with van der Waals surface area (Å²) < 4.78 is 40.1. The molecule has 1 amide bonds. The highest BCUT2D eigenvalue weighted by Gasteiger charge is 2.43. The normalized spacial score (nSPS) is 16.7. The van der Waals surface area contributed by atoms with Gasteiger partial charge in [0, 0.05) is 0 Å². The summed E-state index contributed by atoms with van der Waals surface area (Å²) in [5.41, 5.74) is 0.467. The number of nitrogens with zero attached hydrogens (tertiary/aromatic N) is 3. The Morgan fingerprint density at radius 3 is 2.56 bits per heavy atom. The van der Waals surface area contributed by atoms with Crippen molar-refractivity contribution < 1.29 is 27.5 Å². The average molecular weight is 547 g/mol. The number of hydrogen-bond donors (Lipinski definition) is 1. The zero-order chi connectivity index (χ0) is 26.2. The van der Waals surface area contributed by atoms with Crippen LogP contribution in [0.1, 0.15) is 29.8 Å². The van der Waals surface area contributed by atoms with Gasteiger partial charge in [0.1, 0.15) is 5.84 Å². The van der Waals surface area contributed by atoms with Gasteiger partial charge in [-0.2, -0.15) is 9.39 Å². The van der Waals surface area contributed by atoms with Gasteiger partial charge in [-0.25, -0.2) is 18.1 Å². The van der Waals surface area contributed by atoms with E-state index in [-0.39, 0.29) is 32.4 Å². The van der Waals surface area contributed by atoms with Gasteiger partial charge in [-0.3, -0.25) is 10.2 Å². The fourth-order valence-electron chi connectivity index (χ4n) is 3.21. The molecule has 36 heavy (non-hydrogen) atoms. The molecule has 0 aliphatic carbocycles. The van der Waals surface area contributed by atoms with Gasteiger partial charge >= 0.3 is 5.97 Å². The molecule has 10 nitrogen and oxygen atoms in total. The largest absolute Gasteiger partial charge is 0.493 e. The van der Waals surface area contributed by atoms with Crippen LogP contribution in [0.3, 0.4) is 0 Å². The zero-order valence-corrected chi connectivity index (χ0v) is 21.6. The van der Waals surface area contributed by atoms with Crippen molar-refractivity contribution in [2.24, 2.45) is 9.39 Å². The summed E-state index contributed by atoms with van der Waals surface area (Å²) in [5.74, 6) is -1.69. The first-order valence-electron chi connectivity index (χ1n) is 10.4. The summed E-state index contributed by atoms with van der Waals surface area (Å²) in [7, 11) is -2.49. The van der Waals surface area contributed by atoms with Crippen LogP contribution in [0, 0.1) is 5.41 Å². The van der Waals surface area contributed by atoms with E-state index in [4.69, 9.17) is 26.5 Å². The average Bonchev–Trinajstić information content (AvgIpc) is 3.28. The first-order chi connectivity index (χ1) is 17.0. The summed E-state index contributed by atoms with van der Waals surface area (Å²) in [6.45, 7) is 2.99. The molecular formula is C23H19ClN4O6S2. The molecular weight excluding hydrogens is 528 g/mol. The van der Waals surface area contributed by atoms with Crippen molar-refractivity contribution in [3.8, 4) is 11.5 Å². The van der Waals surface area contributed by atoms with E-state index in [0.29, 0.717) is 23.1 Å². The SMILES string of the molecule is COc1cc(/C=C2/C(=N)N3C(=NC2=O)SN=C3S(=O)(=O)C(C)C)cc(Cl)c1OC(=O)c1ccccc1. The lowest BCUT2D eigenvalue weighted by Gasteiger charge is -2.25. The van der Waals surface area contributed by atoms with Crippen LogP contribution in [0.4, 0.5) is 0 Å². The first-order valence-corrected chi connectivity index (χ1v) is 13.1. The molecule has 0 aromatic heterocycles. The minimum Gasteiger partial charge on any atom is -0.493 e. The van der Waals surface area contributed by atoms with E-state index in [9.17, 15) is 18.0 Å². The number of amides is 1. The Kier molecular flexibility index (Phi) is 7.03. The van der Waals surface area contributed by atoms with Crippen molar-refractivity contribution >= 4 is 67.5 Å². The Morgan fingerprint density at radius 2 is 1.92 bits per heavy atom. The van der Waals surface area contributed by atoms with Gasteiger partial charge in [0.15, 0.2) is 11.5 Å². The molecule has 0 unspecified atom stereocenters. The Bertz CT molecular complexity index is 1480. The number of carbonyl (C=O) groups is 2. The third-order valence-electron chi connectivity index (χ3n) is 5.14. The number of rotatable bonds is 5. The summed E-state index contributed by atoms with van der Waals surface area (Å²) >= 11 is 7.09. The van der Waals surface area contributed by atoms with Crippen LogP contribution in [-0.4, -0.2) is 53.7 Å². The van der Waals surface area contributed by atoms with Gasteiger partial charge in [0.2, 0.25) is 20.2 Å². The molecule has 2 heterocycles. The quantitative estimate of drug-likeness (QED) is 0.257. The molecule has 0 spiro atoms. The van der Waals surface area contributed by atoms with E-state index >= 15 is 0 Å². The highest BCUT2D eigenvalue weighted by molar-refractivity contribution is 8.16. The van der Waals surface area contributed by atoms with Crippen LogP contribution in [0.2, 0.25) is 5.02 Å². The van der Waals surface area contributed by atoms with Crippen molar-refractivity contribution in [3.05, 3.63) is 64.2 Å². The predicted octanol–water partition coefficient (Wildman–Crippen LogP) is 3.97. The predicted molar refractivity (Wildman–Crippen MR) is 138 cm³/mol. The van der Waals surface area contributed by atoms with Gasteiger partial charge in [0.05, 0.1) is 40.5 Å². The third kappa shape index (κ3) is 4.66. The number of halogens is 1. The van der Waals surface area contributed by atoms with Crippen LogP contribution in [0.5, 0.6) is 11.5 Å². The molecule has 0 saturated heterocycles. The zero-order valence-electron chi connectivity index (χ0n) is 19.2. The molecule has 2 aromatic rings. The van der Waals surface area contributed by atoms with E-state index < -0.39 is 32.8 Å². The van der Waals surface area contributed by atoms with Crippen molar-refractivity contribution in [3.63, 3.8) is 0 Å². The molecule has 1 N–H and O–H groups in total. The standard InChI is InChI=1S/C23H19ClN4O6S2/c1-12(2)36(31,32)23-27-35-22-26-20(29)15(19(25)28(22)23)9-13-10-16(24)18(17(11-13)33-3)34-21(30)14-7-5-4-6-8-14/h4-12,25H,1-3H3/b15-9-,25-19?. The van der Waals surface area contributed by atoms with E-state index in [0.717, 1.165) is 4.90 Å². The monoisotopic (exact) mass is 546 g/mol. The van der Waals surface area contributed by atoms with Gasteiger partial charge in [-0.1, -0.05) is 29.8 Å². The van der Waals surface area contributed by atoms with Gasteiger partial charge < -0.3 is 9.47 Å². The number of sulfone groups is 1. The molecule has 13 heteroatoms. The molecule has 2 aliphatic heterocycles. The number of hydrogen-bond acceptors (Lipinski definition) is 9. The van der Waals surface area contributed by atoms with Gasteiger partial charge in [0.25, 0.3) is 5.91 Å². The first kappa shape index (κ1) is 25.6. The fourth-order valence-corrected chi connectivity index (χ4v) is 5.53. The lowest BCUT2D eigenvalue weighted by Crippen LogP contribution is -2.46. The van der Waals surface area contributed by atoms with Crippen molar-refractivity contribution in [2.45, 2.75) is 19.1 Å². The van der Waals surface area contributed by atoms with Crippen LogP contribution >= 0.6 is 23.5 Å². The second kappa shape index (κ2) is 9.88. The lowest BCUT2D eigenvalue weighted by atomic mass is 10.1.